The molecule has 178 valence electrons. The summed E-state index contributed by atoms with van der Waals surface area (Å²) in [4.78, 5) is 23.5. The highest BCUT2D eigenvalue weighted by Crippen LogP contribution is 2.27. The molecule has 0 spiro atoms. The first kappa shape index (κ1) is 28.0. The second kappa shape index (κ2) is 19.6. The van der Waals surface area contributed by atoms with Crippen LogP contribution >= 0.6 is 21.6 Å². The maximum atomic E-state index is 12.1. The SMILES string of the molecule is CCCCCCCCCCCCCCCC(=O)NC(CSSC1C=CC=CN1)C(=O)O. The number of nitrogens with one attached hydrogen (secondary N) is 2. The number of carboxylic acids is 1. The Balaban J connectivity index is 1.97. The van der Waals surface area contributed by atoms with Gasteiger partial charge in [0, 0.05) is 12.2 Å². The van der Waals surface area contributed by atoms with Crippen molar-refractivity contribution in [3.8, 4) is 0 Å². The highest BCUT2D eigenvalue weighted by molar-refractivity contribution is 8.77. The quantitative estimate of drug-likeness (QED) is 0.141. The normalized spacial score (nSPS) is 16.1. The lowest BCUT2D eigenvalue weighted by atomic mass is 10.0. The highest BCUT2D eigenvalue weighted by Gasteiger charge is 2.20. The maximum Gasteiger partial charge on any atom is 0.327 e. The van der Waals surface area contributed by atoms with Gasteiger partial charge in [0.2, 0.25) is 5.91 Å². The number of dihydropyridines is 1. The van der Waals surface area contributed by atoms with Gasteiger partial charge in [0.25, 0.3) is 0 Å². The lowest BCUT2D eigenvalue weighted by Crippen LogP contribution is -2.42. The van der Waals surface area contributed by atoms with Crippen molar-refractivity contribution in [2.75, 3.05) is 5.75 Å². The van der Waals surface area contributed by atoms with Crippen LogP contribution in [0.2, 0.25) is 0 Å². The van der Waals surface area contributed by atoms with E-state index in [0.29, 0.717) is 12.2 Å². The van der Waals surface area contributed by atoms with Crippen molar-refractivity contribution in [1.29, 1.82) is 0 Å². The topological polar surface area (TPSA) is 78.4 Å². The van der Waals surface area contributed by atoms with Gasteiger partial charge < -0.3 is 15.7 Å². The molecule has 0 aromatic rings. The van der Waals surface area contributed by atoms with Crippen molar-refractivity contribution in [3.05, 3.63) is 24.4 Å². The standard InChI is InChI=1S/C24H42N2O3S2/c1-2-3-4-5-6-7-8-9-10-11-12-13-14-17-22(27)26-21(24(28)29)20-30-31-23-18-15-16-19-25-23/h15-16,18-19,21,23,25H,2-14,17,20H2,1H3,(H,26,27)(H,28,29). The summed E-state index contributed by atoms with van der Waals surface area (Å²) < 4.78 is 0. The van der Waals surface area contributed by atoms with Gasteiger partial charge in [-0.15, -0.1) is 0 Å². The van der Waals surface area contributed by atoms with Gasteiger partial charge >= 0.3 is 5.97 Å². The van der Waals surface area contributed by atoms with Gasteiger partial charge in [-0.3, -0.25) is 4.79 Å². The Bertz CT molecular complexity index is 541. The highest BCUT2D eigenvalue weighted by atomic mass is 33.1. The maximum absolute atomic E-state index is 12.1. The molecular weight excluding hydrogens is 428 g/mol. The van der Waals surface area contributed by atoms with Crippen molar-refractivity contribution in [2.45, 2.75) is 108 Å². The zero-order valence-corrected chi connectivity index (χ0v) is 20.8. The molecule has 0 fully saturated rings. The lowest BCUT2D eigenvalue weighted by Gasteiger charge is -2.17. The number of hydrogen-bond donors (Lipinski definition) is 3. The van der Waals surface area contributed by atoms with Gasteiger partial charge in [-0.25, -0.2) is 4.79 Å². The van der Waals surface area contributed by atoms with E-state index in [-0.39, 0.29) is 11.3 Å². The van der Waals surface area contributed by atoms with Gasteiger partial charge in [0.05, 0.1) is 0 Å². The van der Waals surface area contributed by atoms with Gasteiger partial charge in [-0.05, 0) is 18.7 Å². The number of allylic oxidation sites excluding steroid dienone is 2. The van der Waals surface area contributed by atoms with Crippen LogP contribution in [-0.4, -0.2) is 34.2 Å². The number of carbonyl (C=O) groups excluding carboxylic acids is 1. The van der Waals surface area contributed by atoms with E-state index in [2.05, 4.69) is 17.6 Å². The first-order valence-corrected chi connectivity index (χ1v) is 14.4. The average molecular weight is 471 g/mol. The molecule has 1 rings (SSSR count). The third kappa shape index (κ3) is 16.2. The van der Waals surface area contributed by atoms with Gasteiger partial charge in [0.1, 0.15) is 11.4 Å². The van der Waals surface area contributed by atoms with E-state index < -0.39 is 12.0 Å². The summed E-state index contributed by atoms with van der Waals surface area (Å²) in [5.41, 5.74) is 0. The zero-order valence-electron chi connectivity index (χ0n) is 19.2. The first-order chi connectivity index (χ1) is 15.1. The third-order valence-corrected chi connectivity index (χ3v) is 7.85. The first-order valence-electron chi connectivity index (χ1n) is 12.0. The average Bonchev–Trinajstić information content (AvgIpc) is 2.77. The van der Waals surface area contributed by atoms with Crippen molar-refractivity contribution in [3.63, 3.8) is 0 Å². The molecule has 1 aliphatic heterocycles. The number of unbranched alkanes of at least 4 members (excludes halogenated alkanes) is 12. The predicted molar refractivity (Wildman–Crippen MR) is 135 cm³/mol. The molecule has 31 heavy (non-hydrogen) atoms. The second-order valence-corrected chi connectivity index (χ2v) is 10.7. The van der Waals surface area contributed by atoms with Gasteiger partial charge in [-0.1, -0.05) is 118 Å². The summed E-state index contributed by atoms with van der Waals surface area (Å²) in [5, 5.41) is 15.3. The molecule has 1 amide bonds. The molecule has 0 radical (unpaired) electrons. The monoisotopic (exact) mass is 470 g/mol. The summed E-state index contributed by atoms with van der Waals surface area (Å²) in [6, 6.07) is -0.838. The minimum atomic E-state index is -0.973. The van der Waals surface area contributed by atoms with Crippen LogP contribution in [0.5, 0.6) is 0 Å². The number of hydrogen-bond acceptors (Lipinski definition) is 5. The molecule has 5 nitrogen and oxygen atoms in total. The van der Waals surface area contributed by atoms with Gasteiger partial charge in [0.15, 0.2) is 0 Å². The Kier molecular flexibility index (Phi) is 17.7. The van der Waals surface area contributed by atoms with E-state index in [4.69, 9.17) is 0 Å². The van der Waals surface area contributed by atoms with Crippen LogP contribution in [0.4, 0.5) is 0 Å². The summed E-state index contributed by atoms with van der Waals surface area (Å²) in [5.74, 6) is -0.779. The summed E-state index contributed by atoms with van der Waals surface area (Å²) in [6.45, 7) is 2.26. The summed E-state index contributed by atoms with van der Waals surface area (Å²) in [7, 11) is 3.02. The van der Waals surface area contributed by atoms with Gasteiger partial charge in [-0.2, -0.15) is 0 Å². The molecule has 1 aliphatic rings. The predicted octanol–water partition coefficient (Wildman–Crippen LogP) is 6.42. The van der Waals surface area contributed by atoms with Crippen molar-refractivity contribution >= 4 is 33.5 Å². The molecule has 1 heterocycles. The number of amides is 1. The van der Waals surface area contributed by atoms with Crippen LogP contribution in [0.15, 0.2) is 24.4 Å². The number of aliphatic carboxylic acids is 1. The smallest absolute Gasteiger partial charge is 0.327 e. The van der Waals surface area contributed by atoms with Crippen LogP contribution in [0.25, 0.3) is 0 Å². The largest absolute Gasteiger partial charge is 0.480 e. The molecule has 0 bridgehead atoms. The Morgan fingerprint density at radius 1 is 0.935 bits per heavy atom. The Morgan fingerprint density at radius 2 is 1.52 bits per heavy atom. The number of carboxylic acid groups (broad SMARTS) is 1. The minimum absolute atomic E-state index is 0.131. The molecule has 0 aliphatic carbocycles. The fourth-order valence-electron chi connectivity index (χ4n) is 3.41. The van der Waals surface area contributed by atoms with E-state index in [9.17, 15) is 14.7 Å². The Morgan fingerprint density at radius 3 is 2.03 bits per heavy atom. The van der Waals surface area contributed by atoms with Crippen LogP contribution in [0.1, 0.15) is 96.8 Å². The van der Waals surface area contributed by atoms with E-state index in [1.807, 2.05) is 24.4 Å². The Hall–Kier alpha value is -1.08. The third-order valence-electron chi connectivity index (χ3n) is 5.30. The van der Waals surface area contributed by atoms with Crippen molar-refractivity contribution in [2.24, 2.45) is 0 Å². The van der Waals surface area contributed by atoms with E-state index in [1.54, 1.807) is 10.8 Å². The van der Waals surface area contributed by atoms with Crippen molar-refractivity contribution in [1.82, 2.24) is 10.6 Å². The van der Waals surface area contributed by atoms with Crippen molar-refractivity contribution < 1.29 is 14.7 Å². The fraction of sp³-hybridized carbons (Fsp3) is 0.750. The molecule has 2 unspecified atom stereocenters. The second-order valence-electron chi connectivity index (χ2n) is 8.16. The van der Waals surface area contributed by atoms with E-state index in [1.165, 1.54) is 75.0 Å². The zero-order chi connectivity index (χ0) is 22.6. The van der Waals surface area contributed by atoms with Crippen LogP contribution in [-0.2, 0) is 9.59 Å². The lowest BCUT2D eigenvalue weighted by molar-refractivity contribution is -0.141. The summed E-state index contributed by atoms with van der Waals surface area (Å²) >= 11 is 0. The van der Waals surface area contributed by atoms with Crippen LogP contribution < -0.4 is 10.6 Å². The molecule has 0 aromatic heterocycles. The molecule has 2 atom stereocenters. The molecular formula is C24H42N2O3S2. The number of carbonyl (C=O) groups is 2. The van der Waals surface area contributed by atoms with Crippen LogP contribution in [0, 0.1) is 0 Å². The number of rotatable bonds is 20. The van der Waals surface area contributed by atoms with E-state index >= 15 is 0 Å². The Labute approximate surface area is 197 Å². The fourth-order valence-corrected chi connectivity index (χ4v) is 5.73. The van der Waals surface area contributed by atoms with Crippen LogP contribution in [0.3, 0.4) is 0 Å². The molecule has 0 saturated carbocycles. The minimum Gasteiger partial charge on any atom is -0.480 e. The molecule has 0 saturated heterocycles. The van der Waals surface area contributed by atoms with E-state index in [0.717, 1.165) is 19.3 Å². The molecule has 0 aromatic carbocycles. The summed E-state index contributed by atoms with van der Waals surface area (Å²) in [6.07, 6.45) is 24.6. The molecule has 3 N–H and O–H groups in total. The molecule has 7 heteroatoms.